The molecule has 2 aromatic rings. The molecule has 102 valence electrons. The zero-order chi connectivity index (χ0) is 14.7. The molecule has 0 aliphatic carbocycles. The molecule has 0 saturated carbocycles. The van der Waals surface area contributed by atoms with E-state index in [0.717, 1.165) is 4.47 Å². The van der Waals surface area contributed by atoms with Crippen molar-refractivity contribution in [3.63, 3.8) is 0 Å². The lowest BCUT2D eigenvalue weighted by molar-refractivity contribution is -0.384. The minimum absolute atomic E-state index is 0.0111. The molecule has 0 aromatic heterocycles. The maximum absolute atomic E-state index is 10.5. The molecule has 20 heavy (non-hydrogen) atoms. The fourth-order valence-electron chi connectivity index (χ4n) is 1.49. The van der Waals surface area contributed by atoms with E-state index in [4.69, 9.17) is 0 Å². The molecule has 0 atom stereocenters. The van der Waals surface area contributed by atoms with Crippen LogP contribution in [0, 0.1) is 10.1 Å². The molecule has 0 aliphatic rings. The molecule has 0 amide bonds. The number of nitro benzene ring substituents is 1. The molecule has 7 heteroatoms. The number of nitro groups is 1. The van der Waals surface area contributed by atoms with Crippen molar-refractivity contribution in [3.05, 3.63) is 61.0 Å². The Kier molecular flexibility index (Phi) is 4.51. The van der Waals surface area contributed by atoms with Crippen molar-refractivity contribution in [3.8, 4) is 5.75 Å². The van der Waals surface area contributed by atoms with Gasteiger partial charge >= 0.3 is 0 Å². The van der Waals surface area contributed by atoms with Gasteiger partial charge in [0.05, 0.1) is 15.1 Å². The predicted octanol–water partition coefficient (Wildman–Crippen LogP) is 4.58. The monoisotopic (exact) mass is 398 g/mol. The van der Waals surface area contributed by atoms with Gasteiger partial charge in [-0.1, -0.05) is 15.9 Å². The number of halogens is 2. The first-order valence-corrected chi connectivity index (χ1v) is 7.02. The van der Waals surface area contributed by atoms with Crippen LogP contribution in [0.15, 0.2) is 50.3 Å². The molecule has 5 nitrogen and oxygen atoms in total. The highest BCUT2D eigenvalue weighted by atomic mass is 79.9. The van der Waals surface area contributed by atoms with Gasteiger partial charge in [-0.15, -0.1) is 0 Å². The van der Waals surface area contributed by atoms with Crippen molar-refractivity contribution in [2.24, 2.45) is 4.99 Å². The summed E-state index contributed by atoms with van der Waals surface area (Å²) in [6.45, 7) is 0. The third-order valence-electron chi connectivity index (χ3n) is 2.47. The molecular weight excluding hydrogens is 392 g/mol. The minimum Gasteiger partial charge on any atom is -0.506 e. The molecule has 0 saturated heterocycles. The fraction of sp³-hybridized carbons (Fsp3) is 0. The molecule has 0 unspecified atom stereocenters. The number of hydrogen-bond donors (Lipinski definition) is 1. The Morgan fingerprint density at radius 3 is 2.45 bits per heavy atom. The highest BCUT2D eigenvalue weighted by Crippen LogP contribution is 2.31. The second-order valence-corrected chi connectivity index (χ2v) is 5.63. The van der Waals surface area contributed by atoms with Crippen molar-refractivity contribution >= 4 is 49.4 Å². The van der Waals surface area contributed by atoms with E-state index in [9.17, 15) is 15.2 Å². The number of benzene rings is 2. The summed E-state index contributed by atoms with van der Waals surface area (Å²) < 4.78 is 1.35. The smallest absolute Gasteiger partial charge is 0.269 e. The van der Waals surface area contributed by atoms with Crippen LogP contribution in [0.25, 0.3) is 0 Å². The highest BCUT2D eigenvalue weighted by molar-refractivity contribution is 9.11. The van der Waals surface area contributed by atoms with Crippen LogP contribution in [0.1, 0.15) is 5.56 Å². The van der Waals surface area contributed by atoms with Crippen LogP contribution in [-0.2, 0) is 0 Å². The van der Waals surface area contributed by atoms with Crippen LogP contribution in [0.3, 0.4) is 0 Å². The Morgan fingerprint density at radius 2 is 1.85 bits per heavy atom. The summed E-state index contributed by atoms with van der Waals surface area (Å²) >= 11 is 6.55. The Morgan fingerprint density at radius 1 is 1.20 bits per heavy atom. The summed E-state index contributed by atoms with van der Waals surface area (Å²) in [5.41, 5.74) is 1.10. The maximum Gasteiger partial charge on any atom is 0.269 e. The largest absolute Gasteiger partial charge is 0.506 e. The molecule has 2 aromatic carbocycles. The van der Waals surface area contributed by atoms with Crippen LogP contribution in [0.2, 0.25) is 0 Å². The minimum atomic E-state index is -0.468. The van der Waals surface area contributed by atoms with Gasteiger partial charge in [-0.05, 0) is 40.2 Å². The van der Waals surface area contributed by atoms with E-state index in [0.29, 0.717) is 15.7 Å². The van der Waals surface area contributed by atoms with Crippen LogP contribution in [0.4, 0.5) is 11.4 Å². The zero-order valence-electron chi connectivity index (χ0n) is 9.96. The lowest BCUT2D eigenvalue weighted by atomic mass is 10.2. The number of non-ortho nitro benzene ring substituents is 1. The highest BCUT2D eigenvalue weighted by Gasteiger charge is 2.06. The third-order valence-corrected chi connectivity index (χ3v) is 3.53. The van der Waals surface area contributed by atoms with Crippen molar-refractivity contribution < 1.29 is 10.0 Å². The average molecular weight is 400 g/mol. The second-order valence-electron chi connectivity index (χ2n) is 3.86. The number of phenols is 1. The third kappa shape index (κ3) is 3.43. The topological polar surface area (TPSA) is 75.7 Å². The van der Waals surface area contributed by atoms with Crippen LogP contribution in [0.5, 0.6) is 5.75 Å². The van der Waals surface area contributed by atoms with E-state index in [1.807, 2.05) is 0 Å². The summed E-state index contributed by atoms with van der Waals surface area (Å²) in [5, 5.41) is 20.4. The summed E-state index contributed by atoms with van der Waals surface area (Å²) in [4.78, 5) is 14.2. The lowest BCUT2D eigenvalue weighted by Gasteiger charge is -2.02. The van der Waals surface area contributed by atoms with Crippen molar-refractivity contribution in [1.82, 2.24) is 0 Å². The number of aromatic hydroxyl groups is 1. The first kappa shape index (κ1) is 14.7. The number of phenolic OH excluding ortho intramolecular Hbond substituents is 1. The van der Waals surface area contributed by atoms with E-state index in [1.54, 1.807) is 24.3 Å². The van der Waals surface area contributed by atoms with Gasteiger partial charge in [0.1, 0.15) is 5.75 Å². The van der Waals surface area contributed by atoms with Gasteiger partial charge < -0.3 is 5.11 Å². The van der Waals surface area contributed by atoms with Gasteiger partial charge in [0.15, 0.2) is 0 Å². The SMILES string of the molecule is O=[N+]([O-])c1ccc(N=Cc2cc(Br)cc(Br)c2O)cc1. The van der Waals surface area contributed by atoms with Crippen molar-refractivity contribution in [2.75, 3.05) is 0 Å². The molecule has 0 bridgehead atoms. The summed E-state index contributed by atoms with van der Waals surface area (Å²) in [6, 6.07) is 9.28. The molecule has 1 N–H and O–H groups in total. The normalized spacial score (nSPS) is 10.9. The Bertz CT molecular complexity index is 685. The first-order chi connectivity index (χ1) is 9.47. The van der Waals surface area contributed by atoms with Gasteiger partial charge in [-0.3, -0.25) is 15.1 Å². The molecular formula is C13H8Br2N2O3. The van der Waals surface area contributed by atoms with Crippen LogP contribution in [-0.4, -0.2) is 16.2 Å². The Balaban J connectivity index is 2.27. The standard InChI is InChI=1S/C13H8Br2N2O3/c14-9-5-8(13(18)12(15)6-9)7-16-10-1-3-11(4-2-10)17(19)20/h1-7,18H. The van der Waals surface area contributed by atoms with E-state index in [-0.39, 0.29) is 11.4 Å². The molecule has 2 rings (SSSR count). The zero-order valence-corrected chi connectivity index (χ0v) is 13.1. The number of rotatable bonds is 3. The van der Waals surface area contributed by atoms with E-state index in [2.05, 4.69) is 36.9 Å². The Hall–Kier alpha value is -1.73. The van der Waals surface area contributed by atoms with Crippen molar-refractivity contribution in [2.45, 2.75) is 0 Å². The van der Waals surface area contributed by atoms with Crippen molar-refractivity contribution in [1.29, 1.82) is 0 Å². The van der Waals surface area contributed by atoms with E-state index >= 15 is 0 Å². The van der Waals surface area contributed by atoms with E-state index in [1.165, 1.54) is 18.3 Å². The van der Waals surface area contributed by atoms with E-state index < -0.39 is 4.92 Å². The molecule has 0 heterocycles. The fourth-order valence-corrected chi connectivity index (χ4v) is 2.75. The van der Waals surface area contributed by atoms with Gasteiger partial charge in [0.2, 0.25) is 0 Å². The Labute approximate surface area is 131 Å². The average Bonchev–Trinajstić information content (AvgIpc) is 2.41. The van der Waals surface area contributed by atoms with Gasteiger partial charge in [-0.25, -0.2) is 0 Å². The van der Waals surface area contributed by atoms with Gasteiger partial charge in [0.25, 0.3) is 5.69 Å². The number of hydrogen-bond acceptors (Lipinski definition) is 4. The number of aliphatic imine (C=N–C) groups is 1. The lowest BCUT2D eigenvalue weighted by Crippen LogP contribution is -1.86. The predicted molar refractivity (Wildman–Crippen MR) is 83.9 cm³/mol. The van der Waals surface area contributed by atoms with Gasteiger partial charge in [0, 0.05) is 28.4 Å². The summed E-state index contributed by atoms with van der Waals surface area (Å²) in [6.07, 6.45) is 1.49. The molecule has 0 fully saturated rings. The first-order valence-electron chi connectivity index (χ1n) is 5.44. The van der Waals surface area contributed by atoms with Crippen LogP contribution < -0.4 is 0 Å². The quantitative estimate of drug-likeness (QED) is 0.466. The number of nitrogens with zero attached hydrogens (tertiary/aromatic N) is 2. The molecule has 0 spiro atoms. The molecule has 0 radical (unpaired) electrons. The van der Waals surface area contributed by atoms with Gasteiger partial charge in [-0.2, -0.15) is 0 Å². The molecule has 0 aliphatic heterocycles. The second kappa shape index (κ2) is 6.15. The maximum atomic E-state index is 10.5. The van der Waals surface area contributed by atoms with Crippen LogP contribution >= 0.6 is 31.9 Å². The summed E-state index contributed by atoms with van der Waals surface area (Å²) in [5.74, 6) is 0.0823. The summed E-state index contributed by atoms with van der Waals surface area (Å²) in [7, 11) is 0.